The van der Waals surface area contributed by atoms with Gasteiger partial charge in [0.05, 0.1) is 11.4 Å². The number of nitrogens with one attached hydrogen (secondary N) is 2. The smallest absolute Gasteiger partial charge is 0.226 e. The summed E-state index contributed by atoms with van der Waals surface area (Å²) in [6.45, 7) is 3.45. The summed E-state index contributed by atoms with van der Waals surface area (Å²) >= 11 is 12.2. The highest BCUT2D eigenvalue weighted by atomic mass is 35.5. The molecule has 1 aliphatic carbocycles. The van der Waals surface area contributed by atoms with Crippen molar-refractivity contribution in [2.75, 3.05) is 36.4 Å². The minimum atomic E-state index is 0.122. The third-order valence-electron chi connectivity index (χ3n) is 8.17. The molecule has 3 fully saturated rings. The van der Waals surface area contributed by atoms with Gasteiger partial charge in [-0.2, -0.15) is 0 Å². The van der Waals surface area contributed by atoms with Crippen molar-refractivity contribution < 1.29 is 4.79 Å². The van der Waals surface area contributed by atoms with E-state index in [9.17, 15) is 4.79 Å². The Morgan fingerprint density at radius 1 is 1.11 bits per heavy atom. The van der Waals surface area contributed by atoms with Crippen molar-refractivity contribution in [1.29, 1.82) is 0 Å². The summed E-state index contributed by atoms with van der Waals surface area (Å²) < 4.78 is 0. The third-order valence-corrected chi connectivity index (χ3v) is 8.61. The zero-order chi connectivity index (χ0) is 24.6. The number of rotatable bonds is 8. The Morgan fingerprint density at radius 3 is 2.72 bits per heavy atom. The van der Waals surface area contributed by atoms with Gasteiger partial charge in [0.25, 0.3) is 0 Å². The van der Waals surface area contributed by atoms with Crippen LogP contribution in [0.1, 0.15) is 38.5 Å². The van der Waals surface area contributed by atoms with Crippen LogP contribution in [0.25, 0.3) is 11.0 Å². The number of nitrogens with zero attached hydrogens (tertiary/aromatic N) is 4. The number of carbonyl (C=O) groups excluding carboxylic acids is 1. The summed E-state index contributed by atoms with van der Waals surface area (Å²) in [7, 11) is 0. The van der Waals surface area contributed by atoms with E-state index in [2.05, 4.69) is 36.1 Å². The lowest BCUT2D eigenvalue weighted by atomic mass is 9.89. The van der Waals surface area contributed by atoms with Gasteiger partial charge in [-0.1, -0.05) is 23.2 Å². The number of piperidine rings is 1. The summed E-state index contributed by atoms with van der Waals surface area (Å²) in [4.78, 5) is 30.5. The molecule has 2 N–H and O–H groups in total. The van der Waals surface area contributed by atoms with Gasteiger partial charge in [-0.05, 0) is 74.6 Å². The highest BCUT2D eigenvalue weighted by Gasteiger charge is 2.44. The summed E-state index contributed by atoms with van der Waals surface area (Å²) in [6.07, 6.45) is 9.99. The number of fused-ring (bicyclic) bond motifs is 2. The summed E-state index contributed by atoms with van der Waals surface area (Å²) in [5, 5.41) is 5.72. The van der Waals surface area contributed by atoms with E-state index in [0.717, 1.165) is 74.4 Å². The average Bonchev–Trinajstić information content (AvgIpc) is 3.43. The van der Waals surface area contributed by atoms with E-state index in [1.54, 1.807) is 12.4 Å². The summed E-state index contributed by atoms with van der Waals surface area (Å²) in [5.41, 5.74) is 1.79. The Kier molecular flexibility index (Phi) is 6.69. The number of benzene rings is 1. The van der Waals surface area contributed by atoms with Gasteiger partial charge in [0, 0.05) is 54.0 Å². The van der Waals surface area contributed by atoms with E-state index >= 15 is 0 Å². The molecule has 4 heterocycles. The molecule has 6 rings (SSSR count). The van der Waals surface area contributed by atoms with Crippen molar-refractivity contribution in [3.8, 4) is 0 Å². The van der Waals surface area contributed by atoms with Crippen molar-refractivity contribution in [1.82, 2.24) is 19.9 Å². The fourth-order valence-electron chi connectivity index (χ4n) is 6.20. The quantitative estimate of drug-likeness (QED) is 0.373. The number of likely N-dealkylation sites (tertiary alicyclic amines) is 1. The SMILES string of the molecule is O=C([C@H](CCCNc1cc(Cl)cc(Cl)c1)C1CC1)N1CCC2CCN(c3ncnc4[nH]ccc34)C2C1. The lowest BCUT2D eigenvalue weighted by Gasteiger charge is -2.40. The Morgan fingerprint density at radius 2 is 1.92 bits per heavy atom. The van der Waals surface area contributed by atoms with Gasteiger partial charge in [-0.3, -0.25) is 4.79 Å². The van der Waals surface area contributed by atoms with Crippen LogP contribution in [0.4, 0.5) is 11.5 Å². The molecule has 1 saturated carbocycles. The van der Waals surface area contributed by atoms with Crippen LogP contribution in [0, 0.1) is 17.8 Å². The molecule has 190 valence electrons. The Bertz CT molecular complexity index is 1220. The number of aromatic nitrogens is 3. The van der Waals surface area contributed by atoms with E-state index in [-0.39, 0.29) is 5.92 Å². The van der Waals surface area contributed by atoms with Crippen molar-refractivity contribution in [2.24, 2.45) is 17.8 Å². The molecule has 2 aromatic heterocycles. The highest BCUT2D eigenvalue weighted by molar-refractivity contribution is 6.35. The molecule has 2 saturated heterocycles. The number of hydrogen-bond donors (Lipinski definition) is 2. The zero-order valence-corrected chi connectivity index (χ0v) is 21.8. The van der Waals surface area contributed by atoms with Crippen LogP contribution in [0.3, 0.4) is 0 Å². The minimum absolute atomic E-state index is 0.122. The van der Waals surface area contributed by atoms with E-state index in [1.165, 1.54) is 12.8 Å². The molecule has 36 heavy (non-hydrogen) atoms. The second-order valence-corrected chi connectivity index (χ2v) is 11.4. The predicted octanol–water partition coefficient (Wildman–Crippen LogP) is 5.61. The van der Waals surface area contributed by atoms with Gasteiger partial charge in [-0.25, -0.2) is 9.97 Å². The van der Waals surface area contributed by atoms with Gasteiger partial charge in [0.1, 0.15) is 17.8 Å². The van der Waals surface area contributed by atoms with Crippen LogP contribution in [0.5, 0.6) is 0 Å². The normalized spacial score (nSPS) is 22.6. The second-order valence-electron chi connectivity index (χ2n) is 10.5. The van der Waals surface area contributed by atoms with Crippen LogP contribution >= 0.6 is 23.2 Å². The average molecular weight is 528 g/mol. The second kappa shape index (κ2) is 10.1. The monoisotopic (exact) mass is 526 g/mol. The number of carbonyl (C=O) groups is 1. The van der Waals surface area contributed by atoms with E-state index in [0.29, 0.717) is 33.8 Å². The molecule has 0 bridgehead atoms. The first-order valence-electron chi connectivity index (χ1n) is 13.1. The van der Waals surface area contributed by atoms with Gasteiger partial charge in [0.15, 0.2) is 0 Å². The molecule has 2 unspecified atom stereocenters. The van der Waals surface area contributed by atoms with Gasteiger partial charge < -0.3 is 20.1 Å². The molecular formula is C27H32Cl2N6O. The first-order chi connectivity index (χ1) is 17.6. The van der Waals surface area contributed by atoms with Crippen LogP contribution in [0.2, 0.25) is 10.0 Å². The number of amides is 1. The van der Waals surface area contributed by atoms with Crippen molar-refractivity contribution in [3.63, 3.8) is 0 Å². The van der Waals surface area contributed by atoms with Gasteiger partial charge >= 0.3 is 0 Å². The molecule has 1 amide bonds. The number of halogens is 2. The maximum Gasteiger partial charge on any atom is 0.226 e. The summed E-state index contributed by atoms with van der Waals surface area (Å²) in [6, 6.07) is 7.87. The molecule has 0 spiro atoms. The lowest BCUT2D eigenvalue weighted by molar-refractivity contribution is -0.138. The standard InChI is InChI=1S/C27H32Cl2N6O/c28-19-12-20(29)14-21(13-19)30-8-1-2-22(17-3-4-17)27(36)34-10-6-18-7-11-35(24(18)15-34)26-23-5-9-31-25(23)32-16-33-26/h5,9,12-14,16-18,22,24,30H,1-4,6-8,10-11,15H2,(H,31,32,33)/t18?,22-,24?/m1/s1. The number of hydrogen-bond acceptors (Lipinski definition) is 5. The van der Waals surface area contributed by atoms with Crippen LogP contribution in [0.15, 0.2) is 36.8 Å². The number of anilines is 2. The molecule has 3 aliphatic rings. The third kappa shape index (κ3) is 4.88. The number of aromatic amines is 1. The lowest BCUT2D eigenvalue weighted by Crippen LogP contribution is -2.52. The van der Waals surface area contributed by atoms with Gasteiger partial charge in [-0.15, -0.1) is 0 Å². The van der Waals surface area contributed by atoms with Crippen LogP contribution < -0.4 is 10.2 Å². The van der Waals surface area contributed by atoms with Crippen LogP contribution in [-0.4, -0.2) is 58.0 Å². The number of H-pyrrole nitrogens is 1. The minimum Gasteiger partial charge on any atom is -0.385 e. The Balaban J connectivity index is 1.09. The van der Waals surface area contributed by atoms with Gasteiger partial charge in [0.2, 0.25) is 5.91 Å². The van der Waals surface area contributed by atoms with E-state index < -0.39 is 0 Å². The van der Waals surface area contributed by atoms with Crippen LogP contribution in [-0.2, 0) is 4.79 Å². The largest absolute Gasteiger partial charge is 0.385 e. The zero-order valence-electron chi connectivity index (χ0n) is 20.3. The molecule has 7 nitrogen and oxygen atoms in total. The molecule has 2 aliphatic heterocycles. The highest BCUT2D eigenvalue weighted by Crippen LogP contribution is 2.42. The van der Waals surface area contributed by atoms with Crippen molar-refractivity contribution in [3.05, 3.63) is 46.8 Å². The van der Waals surface area contributed by atoms with E-state index in [4.69, 9.17) is 23.2 Å². The molecule has 3 aromatic rings. The topological polar surface area (TPSA) is 77.2 Å². The van der Waals surface area contributed by atoms with Crippen molar-refractivity contribution in [2.45, 2.75) is 44.6 Å². The Hall–Kier alpha value is -2.51. The van der Waals surface area contributed by atoms with E-state index in [1.807, 2.05) is 18.3 Å². The molecular weight excluding hydrogens is 495 g/mol. The first-order valence-corrected chi connectivity index (χ1v) is 13.9. The molecule has 3 atom stereocenters. The summed E-state index contributed by atoms with van der Waals surface area (Å²) in [5.74, 6) is 2.62. The van der Waals surface area contributed by atoms with Crippen molar-refractivity contribution >= 4 is 51.6 Å². The fourth-order valence-corrected chi connectivity index (χ4v) is 6.72. The molecule has 9 heteroatoms. The maximum atomic E-state index is 13.8. The Labute approximate surface area is 221 Å². The first kappa shape index (κ1) is 23.9. The maximum absolute atomic E-state index is 13.8. The fraction of sp³-hybridized carbons (Fsp3) is 0.519. The molecule has 0 radical (unpaired) electrons. The molecule has 1 aromatic carbocycles. The predicted molar refractivity (Wildman–Crippen MR) is 145 cm³/mol.